The molecule has 5 atom stereocenters. The minimum absolute atomic E-state index is 0.00249. The molecule has 1 aromatic heterocycles. The first-order valence-corrected chi connectivity index (χ1v) is 13.5. The van der Waals surface area contributed by atoms with Crippen molar-refractivity contribution >= 4 is 16.9 Å². The van der Waals surface area contributed by atoms with Crippen LogP contribution in [-0.4, -0.2) is 72.4 Å². The van der Waals surface area contributed by atoms with E-state index in [0.29, 0.717) is 11.3 Å². The Bertz CT molecular complexity index is 1790. The third-order valence-corrected chi connectivity index (χ3v) is 7.26. The van der Waals surface area contributed by atoms with Gasteiger partial charge in [-0.2, -0.15) is 0 Å². The van der Waals surface area contributed by atoms with E-state index in [1.54, 1.807) is 19.1 Å². The number of phenols is 3. The van der Waals surface area contributed by atoms with Gasteiger partial charge >= 0.3 is 5.97 Å². The maximum absolute atomic E-state index is 12.9. The highest BCUT2D eigenvalue weighted by atomic mass is 16.7. The first kappa shape index (κ1) is 30.6. The van der Waals surface area contributed by atoms with Gasteiger partial charge in [0.1, 0.15) is 58.0 Å². The van der Waals surface area contributed by atoms with Gasteiger partial charge in [0.05, 0.1) is 0 Å². The summed E-state index contributed by atoms with van der Waals surface area (Å²) in [5.41, 5.74) is 0.794. The van der Waals surface area contributed by atoms with Gasteiger partial charge < -0.3 is 54.4 Å². The number of ether oxygens (including phenoxy) is 3. The van der Waals surface area contributed by atoms with Crippen molar-refractivity contribution in [1.82, 2.24) is 0 Å². The zero-order chi connectivity index (χ0) is 32.0. The van der Waals surface area contributed by atoms with E-state index in [2.05, 4.69) is 0 Å². The Morgan fingerprint density at radius 2 is 1.59 bits per heavy atom. The topological polar surface area (TPSA) is 217 Å². The molecule has 1 fully saturated rings. The second kappa shape index (κ2) is 11.7. The summed E-state index contributed by atoms with van der Waals surface area (Å²) in [6, 6.07) is 10.9. The van der Waals surface area contributed by atoms with Crippen LogP contribution >= 0.6 is 0 Å². The van der Waals surface area contributed by atoms with Crippen molar-refractivity contribution in [2.45, 2.75) is 57.4 Å². The minimum atomic E-state index is -1.93. The Morgan fingerprint density at radius 1 is 0.864 bits per heavy atom. The van der Waals surface area contributed by atoms with Gasteiger partial charge in [-0.15, -0.1) is 0 Å². The number of hydrogen-bond acceptors (Lipinski definition) is 12. The summed E-state index contributed by atoms with van der Waals surface area (Å²) >= 11 is 0. The van der Waals surface area contributed by atoms with Gasteiger partial charge in [-0.05, 0) is 48.7 Å². The Balaban J connectivity index is 1.46. The zero-order valence-electron chi connectivity index (χ0n) is 23.7. The van der Waals surface area contributed by atoms with Crippen molar-refractivity contribution in [3.05, 3.63) is 69.9 Å². The molecule has 0 amide bonds. The fourth-order valence-electron chi connectivity index (χ4n) is 4.84. The first-order valence-electron chi connectivity index (χ1n) is 13.5. The average Bonchev–Trinajstić information content (AvgIpc) is 2.95. The normalized spacial score (nSPS) is 21.8. The number of hydrogen-bond donors (Lipinski definition) is 7. The number of rotatable bonds is 7. The molecule has 0 spiro atoms. The van der Waals surface area contributed by atoms with Crippen LogP contribution < -0.4 is 14.9 Å². The fourth-order valence-corrected chi connectivity index (χ4v) is 4.84. The van der Waals surface area contributed by atoms with Gasteiger partial charge in [-0.1, -0.05) is 13.8 Å². The summed E-state index contributed by atoms with van der Waals surface area (Å²) in [5.74, 6) is -1.97. The lowest BCUT2D eigenvalue weighted by molar-refractivity contribution is -0.271. The number of aliphatic hydroxyl groups is 3. The van der Waals surface area contributed by atoms with Crippen LogP contribution in [0.25, 0.3) is 22.3 Å². The van der Waals surface area contributed by atoms with Crippen molar-refractivity contribution in [1.29, 1.82) is 0 Å². The molecule has 4 aromatic rings. The van der Waals surface area contributed by atoms with E-state index in [9.17, 15) is 45.3 Å². The highest BCUT2D eigenvalue weighted by Crippen LogP contribution is 2.40. The number of aliphatic carboxylic acids is 1. The third kappa shape index (κ3) is 5.73. The highest BCUT2D eigenvalue weighted by Gasteiger charge is 2.48. The summed E-state index contributed by atoms with van der Waals surface area (Å²) in [6.45, 7) is 5.58. The number of phenolic OH excluding ortho intramolecular Hbond substituents is 3. The van der Waals surface area contributed by atoms with Gasteiger partial charge in [-0.3, -0.25) is 4.79 Å². The minimum Gasteiger partial charge on any atom is -0.508 e. The van der Waals surface area contributed by atoms with E-state index in [1.807, 2.05) is 13.8 Å². The lowest BCUT2D eigenvalue weighted by Gasteiger charge is -2.38. The van der Waals surface area contributed by atoms with Gasteiger partial charge in [0.25, 0.3) is 0 Å². The van der Waals surface area contributed by atoms with Crippen LogP contribution in [0.15, 0.2) is 57.7 Å². The number of carbonyl (C=O) groups is 1. The monoisotopic (exact) mass is 610 g/mol. The zero-order valence-corrected chi connectivity index (χ0v) is 23.7. The summed E-state index contributed by atoms with van der Waals surface area (Å²) in [4.78, 5) is 24.3. The van der Waals surface area contributed by atoms with Crippen molar-refractivity contribution < 1.29 is 59.2 Å². The van der Waals surface area contributed by atoms with E-state index < -0.39 is 47.9 Å². The van der Waals surface area contributed by atoms with E-state index in [-0.39, 0.29) is 51.2 Å². The predicted octanol–water partition coefficient (Wildman–Crippen LogP) is 3.07. The van der Waals surface area contributed by atoms with Gasteiger partial charge in [-0.25, -0.2) is 4.79 Å². The molecular formula is C31H30O13. The number of aromatic hydroxyl groups is 3. The largest absolute Gasteiger partial charge is 0.508 e. The molecule has 5 rings (SSSR count). The van der Waals surface area contributed by atoms with Crippen molar-refractivity contribution in [2.24, 2.45) is 0 Å². The first-order chi connectivity index (χ1) is 20.7. The molecular weight excluding hydrogens is 580 g/mol. The average molecular weight is 611 g/mol. The number of carboxylic acids is 1. The van der Waals surface area contributed by atoms with Gasteiger partial charge in [0, 0.05) is 29.3 Å². The number of fused-ring (bicyclic) bond motifs is 1. The summed E-state index contributed by atoms with van der Waals surface area (Å²) in [6.07, 6.45) is -9.37. The second-order valence-corrected chi connectivity index (χ2v) is 10.8. The highest BCUT2D eigenvalue weighted by molar-refractivity contribution is 5.86. The standard InChI is InChI=1S/C31H30O13/c1-12(2)16-10-17(32)13(3)6-23(16)42-21-5-4-14(7-18(21)33)22-11-20(35)25-19(34)8-15(9-24(25)43-22)41-31-28(38)26(36)27(37)29(44-31)30(39)40/h4-12,26-29,31-34,36-38H,1-3H3,(H,39,40)/t26-,27-,28+,29-,31+/m0/s1. The molecule has 1 aliphatic rings. The van der Waals surface area contributed by atoms with E-state index >= 15 is 0 Å². The maximum atomic E-state index is 12.9. The Hall–Kier alpha value is -4.82. The molecule has 0 radical (unpaired) electrons. The molecule has 2 heterocycles. The van der Waals surface area contributed by atoms with Crippen LogP contribution in [0.4, 0.5) is 0 Å². The molecule has 7 N–H and O–H groups in total. The molecule has 0 saturated carbocycles. The molecule has 1 saturated heterocycles. The molecule has 13 heteroatoms. The molecule has 0 aliphatic carbocycles. The molecule has 1 aliphatic heterocycles. The Labute approximate surface area is 249 Å². The maximum Gasteiger partial charge on any atom is 0.335 e. The van der Waals surface area contributed by atoms with E-state index in [0.717, 1.165) is 17.7 Å². The van der Waals surface area contributed by atoms with Crippen LogP contribution in [0.2, 0.25) is 0 Å². The fraction of sp³-hybridized carbons (Fsp3) is 0.290. The smallest absolute Gasteiger partial charge is 0.335 e. The molecule has 3 aromatic carbocycles. The third-order valence-electron chi connectivity index (χ3n) is 7.26. The Kier molecular flexibility index (Phi) is 8.14. The number of carboxylic acid groups (broad SMARTS) is 1. The molecule has 44 heavy (non-hydrogen) atoms. The Morgan fingerprint density at radius 3 is 2.25 bits per heavy atom. The SMILES string of the molecule is Cc1cc(Oc2ccc(-c3cc(=O)c4c(O)cc(O[C@@H]5O[C@H](C(=O)O)[C@@H](O)[C@H](O)[C@H]5O)cc4o3)cc2O)c(C(C)C)cc1O. The van der Waals surface area contributed by atoms with Crippen LogP contribution in [0.1, 0.15) is 30.9 Å². The lowest BCUT2D eigenvalue weighted by Crippen LogP contribution is -2.61. The number of aryl methyl sites for hydroxylation is 1. The molecule has 0 unspecified atom stereocenters. The van der Waals surface area contributed by atoms with Crippen LogP contribution in [0.3, 0.4) is 0 Å². The van der Waals surface area contributed by atoms with Crippen LogP contribution in [-0.2, 0) is 9.53 Å². The predicted molar refractivity (Wildman–Crippen MR) is 153 cm³/mol. The van der Waals surface area contributed by atoms with Crippen molar-refractivity contribution in [3.63, 3.8) is 0 Å². The number of aliphatic hydroxyl groups excluding tert-OH is 3. The summed E-state index contributed by atoms with van der Waals surface area (Å²) in [7, 11) is 0. The molecule has 0 bridgehead atoms. The van der Waals surface area contributed by atoms with E-state index in [4.69, 9.17) is 18.6 Å². The van der Waals surface area contributed by atoms with Crippen molar-refractivity contribution in [2.75, 3.05) is 0 Å². The number of benzene rings is 3. The molecule has 13 nitrogen and oxygen atoms in total. The van der Waals surface area contributed by atoms with Crippen LogP contribution in [0, 0.1) is 6.92 Å². The quantitative estimate of drug-likeness (QED) is 0.160. The van der Waals surface area contributed by atoms with Gasteiger partial charge in [0.2, 0.25) is 6.29 Å². The summed E-state index contributed by atoms with van der Waals surface area (Å²) in [5, 5.41) is 70.7. The van der Waals surface area contributed by atoms with Gasteiger partial charge in [0.15, 0.2) is 23.0 Å². The lowest BCUT2D eigenvalue weighted by atomic mass is 9.99. The molecule has 232 valence electrons. The van der Waals surface area contributed by atoms with Crippen LogP contribution in [0.5, 0.6) is 34.5 Å². The summed E-state index contributed by atoms with van der Waals surface area (Å²) < 4.78 is 22.4. The van der Waals surface area contributed by atoms with E-state index in [1.165, 1.54) is 24.3 Å². The second-order valence-electron chi connectivity index (χ2n) is 10.8. The van der Waals surface area contributed by atoms with Crippen molar-refractivity contribution in [3.8, 4) is 45.8 Å².